The van der Waals surface area contributed by atoms with Gasteiger partial charge in [0.2, 0.25) is 0 Å². The van der Waals surface area contributed by atoms with E-state index in [0.717, 1.165) is 60.4 Å². The third kappa shape index (κ3) is 4.41. The lowest BCUT2D eigenvalue weighted by Crippen LogP contribution is -2.36. The molecule has 0 spiro atoms. The van der Waals surface area contributed by atoms with Crippen molar-refractivity contribution in [2.24, 2.45) is 0 Å². The van der Waals surface area contributed by atoms with Crippen molar-refractivity contribution in [1.29, 1.82) is 0 Å². The maximum Gasteiger partial charge on any atom is 0.144 e. The number of para-hydroxylation sites is 1. The molecular weight excluding hydrogens is 418 g/mol. The van der Waals surface area contributed by atoms with Crippen molar-refractivity contribution in [2.45, 2.75) is 17.3 Å². The Bertz CT molecular complexity index is 864. The third-order valence-corrected chi connectivity index (χ3v) is 6.91. The molecule has 4 nitrogen and oxygen atoms in total. The van der Waals surface area contributed by atoms with Crippen molar-refractivity contribution in [2.75, 3.05) is 26.3 Å². The molecular formula is C18H18BrN3OS2. The fourth-order valence-electron chi connectivity index (χ4n) is 2.80. The van der Waals surface area contributed by atoms with Crippen LogP contribution < -0.4 is 0 Å². The number of fused-ring (bicyclic) bond motifs is 1. The number of thioether (sulfide) groups is 1. The van der Waals surface area contributed by atoms with Gasteiger partial charge in [0.15, 0.2) is 0 Å². The van der Waals surface area contributed by atoms with Crippen LogP contribution in [0.2, 0.25) is 0 Å². The smallest absolute Gasteiger partial charge is 0.144 e. The molecule has 1 aromatic carbocycles. The minimum atomic E-state index is 0.784. The lowest BCUT2D eigenvalue weighted by atomic mass is 10.2. The van der Waals surface area contributed by atoms with Gasteiger partial charge in [0.1, 0.15) is 10.9 Å². The highest BCUT2D eigenvalue weighted by atomic mass is 79.9. The standard InChI is InChI=1S/C18H18BrN3OS2/c19-16-6-5-13(25-16)12-24-18-14-3-1-2-4-15(14)20-17(21-18)11-22-7-9-23-10-8-22/h1-6H,7-12H2. The van der Waals surface area contributed by atoms with Crippen LogP contribution in [0.25, 0.3) is 10.9 Å². The SMILES string of the molecule is Brc1ccc(CSc2nc(CN3CCOCC3)nc3ccccc23)s1. The molecule has 1 saturated heterocycles. The third-order valence-electron chi connectivity index (χ3n) is 4.06. The molecule has 0 bridgehead atoms. The molecule has 2 aromatic heterocycles. The number of hydrogen-bond acceptors (Lipinski definition) is 6. The summed E-state index contributed by atoms with van der Waals surface area (Å²) in [5.41, 5.74) is 1.02. The first-order valence-electron chi connectivity index (χ1n) is 8.21. The first-order valence-corrected chi connectivity index (χ1v) is 10.8. The van der Waals surface area contributed by atoms with E-state index in [9.17, 15) is 0 Å². The van der Waals surface area contributed by atoms with E-state index in [1.807, 2.05) is 6.07 Å². The van der Waals surface area contributed by atoms with Crippen LogP contribution in [-0.2, 0) is 17.0 Å². The maximum atomic E-state index is 5.43. The largest absolute Gasteiger partial charge is 0.379 e. The summed E-state index contributed by atoms with van der Waals surface area (Å²) >= 11 is 7.10. The van der Waals surface area contributed by atoms with Crippen molar-refractivity contribution in [3.63, 3.8) is 0 Å². The van der Waals surface area contributed by atoms with Gasteiger partial charge in [0.05, 0.1) is 29.1 Å². The monoisotopic (exact) mass is 435 g/mol. The molecule has 3 heterocycles. The molecule has 0 radical (unpaired) electrons. The van der Waals surface area contributed by atoms with Crippen molar-refractivity contribution < 1.29 is 4.74 Å². The second kappa shape index (κ2) is 8.14. The highest BCUT2D eigenvalue weighted by Gasteiger charge is 2.15. The van der Waals surface area contributed by atoms with Gasteiger partial charge in [-0.05, 0) is 34.1 Å². The van der Waals surface area contributed by atoms with Gasteiger partial charge in [0.25, 0.3) is 0 Å². The predicted octanol–water partition coefficient (Wildman–Crippen LogP) is 4.58. The second-order valence-electron chi connectivity index (χ2n) is 5.85. The number of nitrogens with zero attached hydrogens (tertiary/aromatic N) is 3. The quantitative estimate of drug-likeness (QED) is 0.433. The second-order valence-corrected chi connectivity index (χ2v) is 9.36. The molecule has 0 atom stereocenters. The van der Waals surface area contributed by atoms with Crippen molar-refractivity contribution in [1.82, 2.24) is 14.9 Å². The summed E-state index contributed by atoms with van der Waals surface area (Å²) in [4.78, 5) is 13.4. The molecule has 130 valence electrons. The number of ether oxygens (including phenoxy) is 1. The molecule has 3 aromatic rings. The first kappa shape index (κ1) is 17.4. The Balaban J connectivity index is 1.59. The van der Waals surface area contributed by atoms with E-state index >= 15 is 0 Å². The van der Waals surface area contributed by atoms with E-state index in [1.165, 1.54) is 8.66 Å². The topological polar surface area (TPSA) is 38.2 Å². The van der Waals surface area contributed by atoms with Gasteiger partial charge in [-0.3, -0.25) is 4.90 Å². The number of benzene rings is 1. The van der Waals surface area contributed by atoms with E-state index in [2.05, 4.69) is 51.2 Å². The van der Waals surface area contributed by atoms with Gasteiger partial charge in [-0.2, -0.15) is 0 Å². The van der Waals surface area contributed by atoms with E-state index in [0.29, 0.717) is 0 Å². The molecule has 1 aliphatic rings. The van der Waals surface area contributed by atoms with Crippen molar-refractivity contribution in [3.8, 4) is 0 Å². The number of hydrogen-bond donors (Lipinski definition) is 0. The summed E-state index contributed by atoms with van der Waals surface area (Å²) in [6.07, 6.45) is 0. The minimum absolute atomic E-state index is 0.784. The van der Waals surface area contributed by atoms with Crippen molar-refractivity contribution >= 4 is 49.9 Å². The molecule has 0 saturated carbocycles. The Morgan fingerprint density at radius 3 is 2.76 bits per heavy atom. The highest BCUT2D eigenvalue weighted by molar-refractivity contribution is 9.11. The Labute approximate surface area is 163 Å². The van der Waals surface area contributed by atoms with Gasteiger partial charge in [0, 0.05) is 29.1 Å². The predicted molar refractivity (Wildman–Crippen MR) is 107 cm³/mol. The lowest BCUT2D eigenvalue weighted by Gasteiger charge is -2.25. The minimum Gasteiger partial charge on any atom is -0.379 e. The molecule has 1 aliphatic heterocycles. The fourth-order valence-corrected chi connectivity index (χ4v) is 5.37. The summed E-state index contributed by atoms with van der Waals surface area (Å²) in [6.45, 7) is 4.26. The molecule has 25 heavy (non-hydrogen) atoms. The van der Waals surface area contributed by atoms with Gasteiger partial charge in [-0.25, -0.2) is 9.97 Å². The Morgan fingerprint density at radius 1 is 1.12 bits per heavy atom. The summed E-state index contributed by atoms with van der Waals surface area (Å²) < 4.78 is 6.60. The molecule has 0 unspecified atom stereocenters. The zero-order chi connectivity index (χ0) is 17.1. The summed E-state index contributed by atoms with van der Waals surface area (Å²) in [5, 5.41) is 2.20. The molecule has 7 heteroatoms. The van der Waals surface area contributed by atoms with Gasteiger partial charge < -0.3 is 4.74 Å². The van der Waals surface area contributed by atoms with Gasteiger partial charge in [-0.15, -0.1) is 23.1 Å². The summed E-state index contributed by atoms with van der Waals surface area (Å²) in [7, 11) is 0. The van der Waals surface area contributed by atoms with Crippen LogP contribution in [0.15, 0.2) is 45.2 Å². The highest BCUT2D eigenvalue weighted by Crippen LogP contribution is 2.31. The number of morpholine rings is 1. The van der Waals surface area contributed by atoms with Crippen LogP contribution >= 0.6 is 39.0 Å². The van der Waals surface area contributed by atoms with E-state index in [1.54, 1.807) is 23.1 Å². The van der Waals surface area contributed by atoms with Crippen LogP contribution in [0.1, 0.15) is 10.7 Å². The molecule has 0 amide bonds. The lowest BCUT2D eigenvalue weighted by molar-refractivity contribution is 0.0330. The zero-order valence-electron chi connectivity index (χ0n) is 13.7. The molecule has 0 N–H and O–H groups in total. The van der Waals surface area contributed by atoms with Gasteiger partial charge in [-0.1, -0.05) is 18.2 Å². The average Bonchev–Trinajstić information content (AvgIpc) is 3.06. The van der Waals surface area contributed by atoms with Crippen LogP contribution in [0.4, 0.5) is 0 Å². The van der Waals surface area contributed by atoms with Crippen LogP contribution in [-0.4, -0.2) is 41.2 Å². The molecule has 4 rings (SSSR count). The van der Waals surface area contributed by atoms with E-state index < -0.39 is 0 Å². The Morgan fingerprint density at radius 2 is 1.96 bits per heavy atom. The number of thiophene rings is 1. The molecule has 0 aliphatic carbocycles. The van der Waals surface area contributed by atoms with Crippen LogP contribution in [0.3, 0.4) is 0 Å². The summed E-state index contributed by atoms with van der Waals surface area (Å²) in [5.74, 6) is 1.82. The first-order chi connectivity index (χ1) is 12.3. The number of halogens is 1. The fraction of sp³-hybridized carbons (Fsp3) is 0.333. The average molecular weight is 436 g/mol. The molecule has 1 fully saturated rings. The number of aromatic nitrogens is 2. The normalized spacial score (nSPS) is 15.7. The van der Waals surface area contributed by atoms with E-state index in [-0.39, 0.29) is 0 Å². The van der Waals surface area contributed by atoms with Crippen LogP contribution in [0, 0.1) is 0 Å². The maximum absolute atomic E-state index is 5.43. The van der Waals surface area contributed by atoms with Crippen LogP contribution in [0.5, 0.6) is 0 Å². The zero-order valence-corrected chi connectivity index (χ0v) is 16.9. The Hall–Kier alpha value is -0.990. The summed E-state index contributed by atoms with van der Waals surface area (Å²) in [6, 6.07) is 12.5. The van der Waals surface area contributed by atoms with Gasteiger partial charge >= 0.3 is 0 Å². The number of rotatable bonds is 5. The van der Waals surface area contributed by atoms with Crippen molar-refractivity contribution in [3.05, 3.63) is 50.9 Å². The van der Waals surface area contributed by atoms with E-state index in [4.69, 9.17) is 14.7 Å². The Kier molecular flexibility index (Phi) is 5.67.